The number of fused-ring (bicyclic) bond motifs is 1. The Morgan fingerprint density at radius 3 is 2.50 bits per heavy atom. The summed E-state index contributed by atoms with van der Waals surface area (Å²) in [7, 11) is 3.39. The number of hydrogen-bond donors (Lipinski definition) is 0. The third-order valence-electron chi connectivity index (χ3n) is 3.73. The molecule has 0 bridgehead atoms. The first-order valence-electron chi connectivity index (χ1n) is 6.76. The molecule has 2 atom stereocenters. The molecule has 3 rings (SSSR count). The van der Waals surface area contributed by atoms with Crippen LogP contribution in [0.5, 0.6) is 0 Å². The second-order valence-corrected chi connectivity index (χ2v) is 6.05. The lowest BCUT2D eigenvalue weighted by Gasteiger charge is -2.29. The zero-order valence-corrected chi connectivity index (χ0v) is 12.6. The summed E-state index contributed by atoms with van der Waals surface area (Å²) in [5, 5.41) is 2.01. The van der Waals surface area contributed by atoms with E-state index in [1.165, 1.54) is 0 Å². The number of methoxy groups -OCH3 is 2. The minimum atomic E-state index is -0.0906. The normalized spacial score (nSPS) is 25.6. The first-order valence-corrected chi connectivity index (χ1v) is 7.92. The van der Waals surface area contributed by atoms with Crippen LogP contribution in [-0.2, 0) is 9.47 Å². The molecule has 5 nitrogen and oxygen atoms in total. The fourth-order valence-electron chi connectivity index (χ4n) is 2.63. The molecule has 1 aliphatic carbocycles. The predicted octanol–water partition coefficient (Wildman–Crippen LogP) is -0.366. The molecule has 1 aliphatic heterocycles. The minimum absolute atomic E-state index is 0.0867. The lowest BCUT2D eigenvalue weighted by atomic mass is 10.1. The maximum absolute atomic E-state index is 5.50. The second-order valence-electron chi connectivity index (χ2n) is 4.83. The summed E-state index contributed by atoms with van der Waals surface area (Å²) in [5.74, 6) is 3.32. The van der Waals surface area contributed by atoms with Gasteiger partial charge in [-0.2, -0.15) is 11.8 Å². The molecular weight excluding hydrogens is 274 g/mol. The largest absolute Gasteiger partial charge is 0.374 e. The lowest BCUT2D eigenvalue weighted by molar-refractivity contribution is 0.0303. The van der Waals surface area contributed by atoms with Gasteiger partial charge in [0.2, 0.25) is 0 Å². The maximum Gasteiger partial charge on any atom is 0.139 e. The highest BCUT2D eigenvalue weighted by Crippen LogP contribution is 2.14. The second kappa shape index (κ2) is 6.11. The van der Waals surface area contributed by atoms with Crippen molar-refractivity contribution >= 4 is 29.7 Å². The zero-order valence-electron chi connectivity index (χ0n) is 11.8. The van der Waals surface area contributed by atoms with Crippen molar-refractivity contribution in [3.8, 4) is 0 Å². The van der Waals surface area contributed by atoms with Gasteiger partial charge in [-0.3, -0.25) is 0 Å². The summed E-state index contributed by atoms with van der Waals surface area (Å²) in [4.78, 5) is 11.2. The van der Waals surface area contributed by atoms with Crippen LogP contribution in [0.15, 0.2) is 6.33 Å². The summed E-state index contributed by atoms with van der Waals surface area (Å²) in [5.41, 5.74) is 0. The van der Waals surface area contributed by atoms with Crippen LogP contribution in [0, 0.1) is 0 Å². The van der Waals surface area contributed by atoms with E-state index in [-0.39, 0.29) is 12.2 Å². The lowest BCUT2D eigenvalue weighted by Crippen LogP contribution is -2.46. The smallest absolute Gasteiger partial charge is 0.139 e. The van der Waals surface area contributed by atoms with E-state index >= 15 is 0 Å². The van der Waals surface area contributed by atoms with Gasteiger partial charge >= 0.3 is 0 Å². The van der Waals surface area contributed by atoms with Crippen LogP contribution in [0.3, 0.4) is 0 Å². The van der Waals surface area contributed by atoms with Crippen LogP contribution in [0.2, 0.25) is 0 Å². The Bertz CT molecular complexity index is 587. The summed E-state index contributed by atoms with van der Waals surface area (Å²) in [6.07, 6.45) is 5.57. The van der Waals surface area contributed by atoms with Crippen LogP contribution in [0.4, 0.5) is 5.82 Å². The molecule has 2 heterocycles. The van der Waals surface area contributed by atoms with E-state index in [1.54, 1.807) is 20.5 Å². The minimum Gasteiger partial charge on any atom is -0.374 e. The first kappa shape index (κ1) is 13.9. The van der Waals surface area contributed by atoms with Gasteiger partial charge in [-0.1, -0.05) is 0 Å². The van der Waals surface area contributed by atoms with Crippen molar-refractivity contribution in [2.75, 3.05) is 43.7 Å². The first-order chi connectivity index (χ1) is 9.83. The summed E-state index contributed by atoms with van der Waals surface area (Å²) >= 11 is 1.99. The highest BCUT2D eigenvalue weighted by molar-refractivity contribution is 7.99. The van der Waals surface area contributed by atoms with Gasteiger partial charge in [0.1, 0.15) is 24.4 Å². The Morgan fingerprint density at radius 2 is 1.80 bits per heavy atom. The Kier molecular flexibility index (Phi) is 4.24. The molecule has 0 spiro atoms. The van der Waals surface area contributed by atoms with Crippen molar-refractivity contribution in [2.45, 2.75) is 12.2 Å². The number of rotatable bonds is 3. The molecule has 0 amide bonds. The van der Waals surface area contributed by atoms with Crippen molar-refractivity contribution in [3.63, 3.8) is 0 Å². The Morgan fingerprint density at radius 1 is 1.10 bits per heavy atom. The van der Waals surface area contributed by atoms with E-state index in [2.05, 4.69) is 20.9 Å². The topological polar surface area (TPSA) is 47.5 Å². The van der Waals surface area contributed by atoms with Gasteiger partial charge in [-0.25, -0.2) is 9.97 Å². The molecule has 0 saturated carbocycles. The van der Waals surface area contributed by atoms with Crippen LogP contribution >= 0.6 is 11.8 Å². The molecule has 108 valence electrons. The van der Waals surface area contributed by atoms with Crippen molar-refractivity contribution in [1.29, 1.82) is 0 Å². The molecule has 0 radical (unpaired) electrons. The monoisotopic (exact) mass is 293 g/mol. The highest BCUT2D eigenvalue weighted by atomic mass is 32.2. The fourth-order valence-corrected chi connectivity index (χ4v) is 3.54. The molecular formula is C14H19N3O2S. The Labute approximate surface area is 122 Å². The van der Waals surface area contributed by atoms with Crippen molar-refractivity contribution in [1.82, 2.24) is 9.97 Å². The number of aromatic nitrogens is 2. The fraction of sp³-hybridized carbons (Fsp3) is 0.571. The van der Waals surface area contributed by atoms with Gasteiger partial charge in [0.05, 0.1) is 5.35 Å². The van der Waals surface area contributed by atoms with Crippen molar-refractivity contribution < 1.29 is 9.47 Å². The third-order valence-corrected chi connectivity index (χ3v) is 4.67. The van der Waals surface area contributed by atoms with E-state index in [4.69, 9.17) is 9.47 Å². The molecule has 20 heavy (non-hydrogen) atoms. The van der Waals surface area contributed by atoms with Crippen molar-refractivity contribution in [2.24, 2.45) is 0 Å². The summed E-state index contributed by atoms with van der Waals surface area (Å²) in [6, 6.07) is 0. The van der Waals surface area contributed by atoms with E-state index in [0.717, 1.165) is 41.0 Å². The molecule has 0 aromatic carbocycles. The average molecular weight is 293 g/mol. The predicted molar refractivity (Wildman–Crippen MR) is 81.3 cm³/mol. The van der Waals surface area contributed by atoms with Crippen molar-refractivity contribution in [3.05, 3.63) is 16.9 Å². The standard InChI is InChI=1S/C14H19N3O2S/c1-18-12-7-10-11(8-13(12)19-2)15-9-16-14(10)17-3-5-20-6-4-17/h7-9,12-13H,3-6H2,1-2H3. The number of nitrogens with zero attached hydrogens (tertiary/aromatic N) is 3. The van der Waals surface area contributed by atoms with Crippen LogP contribution in [-0.4, -0.2) is 61.0 Å². The van der Waals surface area contributed by atoms with Gasteiger partial charge < -0.3 is 14.4 Å². The van der Waals surface area contributed by atoms with E-state index in [1.807, 2.05) is 17.8 Å². The number of ether oxygens (including phenoxy) is 2. The zero-order chi connectivity index (χ0) is 13.9. The Balaban J connectivity index is 2.07. The SMILES string of the molecule is COC1C=c2ncnc(N3CCSCC3)c2=CC1OC. The highest BCUT2D eigenvalue weighted by Gasteiger charge is 2.22. The van der Waals surface area contributed by atoms with Crippen LogP contribution in [0.25, 0.3) is 12.2 Å². The number of anilines is 1. The Hall–Kier alpha value is -1.11. The molecule has 2 aliphatic rings. The van der Waals surface area contributed by atoms with E-state index in [0.29, 0.717) is 0 Å². The summed E-state index contributed by atoms with van der Waals surface area (Å²) in [6.45, 7) is 2.07. The van der Waals surface area contributed by atoms with E-state index < -0.39 is 0 Å². The molecule has 1 saturated heterocycles. The van der Waals surface area contributed by atoms with Crippen LogP contribution in [0.1, 0.15) is 0 Å². The molecule has 1 aromatic heterocycles. The van der Waals surface area contributed by atoms with Gasteiger partial charge in [0.15, 0.2) is 0 Å². The summed E-state index contributed by atoms with van der Waals surface area (Å²) < 4.78 is 11.0. The van der Waals surface area contributed by atoms with Gasteiger partial charge in [0, 0.05) is 44.0 Å². The molecule has 6 heteroatoms. The number of thioether (sulfide) groups is 1. The number of hydrogen-bond acceptors (Lipinski definition) is 6. The average Bonchev–Trinajstić information content (AvgIpc) is 2.53. The van der Waals surface area contributed by atoms with Crippen LogP contribution < -0.4 is 15.5 Å². The van der Waals surface area contributed by atoms with E-state index in [9.17, 15) is 0 Å². The molecule has 2 unspecified atom stereocenters. The maximum atomic E-state index is 5.50. The molecule has 1 fully saturated rings. The third kappa shape index (κ3) is 2.55. The molecule has 1 aromatic rings. The quantitative estimate of drug-likeness (QED) is 0.758. The van der Waals surface area contributed by atoms with Gasteiger partial charge in [-0.15, -0.1) is 0 Å². The van der Waals surface area contributed by atoms with Gasteiger partial charge in [0.25, 0.3) is 0 Å². The van der Waals surface area contributed by atoms with Gasteiger partial charge in [-0.05, 0) is 12.2 Å². The molecule has 0 N–H and O–H groups in total.